The summed E-state index contributed by atoms with van der Waals surface area (Å²) in [5.41, 5.74) is 6.05. The van der Waals surface area contributed by atoms with Crippen LogP contribution in [0.3, 0.4) is 0 Å². The van der Waals surface area contributed by atoms with Crippen molar-refractivity contribution in [2.75, 3.05) is 32.1 Å². The van der Waals surface area contributed by atoms with E-state index in [0.29, 0.717) is 0 Å². The van der Waals surface area contributed by atoms with Gasteiger partial charge < -0.3 is 4.90 Å². The summed E-state index contributed by atoms with van der Waals surface area (Å²) in [5.74, 6) is 0. The molecule has 0 N–H and O–H groups in total. The molecule has 5 nitrogen and oxygen atoms in total. The molecule has 0 saturated heterocycles. The minimum absolute atomic E-state index is 0.127. The molecule has 0 aromatic heterocycles. The Balaban J connectivity index is 2.08. The molecule has 1 atom stereocenters. The second kappa shape index (κ2) is 7.96. The highest BCUT2D eigenvalue weighted by Crippen LogP contribution is 2.69. The van der Waals surface area contributed by atoms with Gasteiger partial charge in [0, 0.05) is 44.0 Å². The molecular weight excluding hydrogens is 401 g/mol. The summed E-state index contributed by atoms with van der Waals surface area (Å²) in [5, 5.41) is 6.11. The van der Waals surface area contributed by atoms with E-state index in [1.165, 1.54) is 27.8 Å². The maximum atomic E-state index is 5.55. The van der Waals surface area contributed by atoms with E-state index in [-0.39, 0.29) is 5.41 Å². The number of rotatable bonds is 4. The normalized spacial score (nSPS) is 24.3. The summed E-state index contributed by atoms with van der Waals surface area (Å²) in [6.45, 7) is 13.1. The molecule has 164 valence electrons. The fraction of sp³-hybridized carbons (Fsp3) is 0.400. The molecule has 0 aliphatic carbocycles. The molecule has 0 unspecified atom stereocenters. The molecule has 0 spiro atoms. The van der Waals surface area contributed by atoms with Gasteiger partial charge in [-0.25, -0.2) is 14.2 Å². The summed E-state index contributed by atoms with van der Waals surface area (Å²) < 4.78 is 10.2. The van der Waals surface area contributed by atoms with E-state index in [4.69, 9.17) is 9.85 Å². The van der Waals surface area contributed by atoms with Crippen LogP contribution in [-0.4, -0.2) is 42.8 Å². The summed E-state index contributed by atoms with van der Waals surface area (Å²) in [6, 6.07) is 17.2. The molecule has 2 aromatic carbocycles. The topological polar surface area (TPSA) is 34.4 Å². The zero-order valence-corrected chi connectivity index (χ0v) is 20.7. The third kappa shape index (κ3) is 3.18. The minimum atomic E-state index is -2.29. The van der Waals surface area contributed by atoms with Crippen molar-refractivity contribution in [2.45, 2.75) is 40.0 Å². The van der Waals surface area contributed by atoms with Crippen molar-refractivity contribution in [3.8, 4) is 0 Å². The number of hydrogen-bond donors (Lipinski definition) is 0. The first-order valence-electron chi connectivity index (χ1n) is 11.1. The number of aryl methyl sites for hydroxylation is 1. The van der Waals surface area contributed by atoms with Crippen LogP contribution in [0.25, 0.3) is 0 Å². The van der Waals surface area contributed by atoms with E-state index in [1.807, 2.05) is 0 Å². The van der Waals surface area contributed by atoms with Gasteiger partial charge in [0.2, 0.25) is 0 Å². The predicted octanol–water partition coefficient (Wildman–Crippen LogP) is 6.57. The first kappa shape index (κ1) is 21.9. The first-order valence-corrected chi connectivity index (χ1v) is 12.7. The van der Waals surface area contributed by atoms with Gasteiger partial charge in [0.25, 0.3) is 0 Å². The van der Waals surface area contributed by atoms with Gasteiger partial charge in [-0.05, 0) is 30.2 Å². The summed E-state index contributed by atoms with van der Waals surface area (Å²) in [7, 11) is 1.98. The fourth-order valence-corrected chi connectivity index (χ4v) is 8.84. The van der Waals surface area contributed by atoms with E-state index in [1.54, 1.807) is 0 Å². The number of anilines is 1. The molecule has 0 bridgehead atoms. The molecule has 31 heavy (non-hydrogen) atoms. The van der Waals surface area contributed by atoms with Gasteiger partial charge in [-0.15, -0.1) is 0 Å². The quantitative estimate of drug-likeness (QED) is 0.510. The minimum Gasteiger partial charge on any atom is -0.346 e. The number of hydrazone groups is 1. The number of para-hydroxylation sites is 1. The lowest BCUT2D eigenvalue weighted by Crippen LogP contribution is -2.30. The molecule has 0 fully saturated rings. The molecular formula is C25H34N5P. The van der Waals surface area contributed by atoms with E-state index in [0.717, 1.165) is 18.8 Å². The maximum Gasteiger partial charge on any atom is 0.174 e. The zero-order chi connectivity index (χ0) is 22.4. The largest absolute Gasteiger partial charge is 0.346 e. The lowest BCUT2D eigenvalue weighted by molar-refractivity contribution is 0.452. The number of nitrogens with zero attached hydrogens (tertiary/aromatic N) is 5. The Hall–Kier alpha value is -2.36. The monoisotopic (exact) mass is 435 g/mol. The Kier molecular flexibility index (Phi) is 5.61. The smallest absolute Gasteiger partial charge is 0.174 e. The van der Waals surface area contributed by atoms with Crippen LogP contribution >= 0.6 is 7.36 Å². The Morgan fingerprint density at radius 1 is 1.00 bits per heavy atom. The summed E-state index contributed by atoms with van der Waals surface area (Å²) in [4.78, 5) is 2.36. The molecule has 0 saturated carbocycles. The zero-order valence-electron chi connectivity index (χ0n) is 19.8. The third-order valence-corrected chi connectivity index (χ3v) is 10.4. The second-order valence-corrected chi connectivity index (χ2v) is 11.7. The molecule has 2 aromatic rings. The van der Waals surface area contributed by atoms with Gasteiger partial charge in [0.15, 0.2) is 7.36 Å². The van der Waals surface area contributed by atoms with Crippen molar-refractivity contribution < 1.29 is 0 Å². The summed E-state index contributed by atoms with van der Waals surface area (Å²) in [6.07, 6.45) is 2.08. The lowest BCUT2D eigenvalue weighted by atomic mass is 9.84. The molecule has 0 amide bonds. The highest BCUT2D eigenvalue weighted by Gasteiger charge is 2.47. The van der Waals surface area contributed by atoms with Gasteiger partial charge in [-0.1, -0.05) is 64.1 Å². The maximum absolute atomic E-state index is 5.55. The molecule has 2 aliphatic heterocycles. The van der Waals surface area contributed by atoms with Crippen LogP contribution in [0, 0.1) is 6.92 Å². The van der Waals surface area contributed by atoms with Gasteiger partial charge in [-0.3, -0.25) is 0 Å². The van der Waals surface area contributed by atoms with Gasteiger partial charge >= 0.3 is 0 Å². The SMILES string of the molecule is CCN(CC)[P@@]1(=Nc2ccccc2C)/C(=C2/N(C)c3ccccc3C2(C)C)C=NN1C. The number of likely N-dealkylation sites (N-methyl/N-ethyl adjacent to an activating group) is 1. The molecule has 6 heteroatoms. The van der Waals surface area contributed by atoms with Crippen LogP contribution in [0.5, 0.6) is 0 Å². The molecule has 2 aliphatic rings. The Morgan fingerprint density at radius 2 is 1.65 bits per heavy atom. The first-order chi connectivity index (χ1) is 14.8. The highest BCUT2D eigenvalue weighted by atomic mass is 31.2. The predicted molar refractivity (Wildman–Crippen MR) is 134 cm³/mol. The van der Waals surface area contributed by atoms with Crippen molar-refractivity contribution in [1.29, 1.82) is 0 Å². The van der Waals surface area contributed by atoms with Crippen molar-refractivity contribution >= 4 is 24.9 Å². The average molecular weight is 436 g/mol. The van der Waals surface area contributed by atoms with Crippen LogP contribution in [0.1, 0.15) is 38.8 Å². The van der Waals surface area contributed by atoms with E-state index >= 15 is 0 Å². The molecule has 0 radical (unpaired) electrons. The third-order valence-electron chi connectivity index (χ3n) is 6.67. The number of benzene rings is 2. The standard InChI is InChI=1S/C25H34N5P/c1-8-30(9-2)31(27-21-16-12-10-14-19(21)3)23(18-26-29(31)7)24-25(4,5)20-15-11-13-17-22(20)28(24)6/h10-18H,8-9H2,1-7H3/b24-23+/t31-/m1/s1. The fourth-order valence-electron chi connectivity index (χ4n) is 5.06. The number of fused-ring (bicyclic) bond motifs is 1. The van der Waals surface area contributed by atoms with E-state index in [2.05, 4.69) is 118 Å². The van der Waals surface area contributed by atoms with Gasteiger partial charge in [-0.2, -0.15) is 5.10 Å². The lowest BCUT2D eigenvalue weighted by Gasteiger charge is -2.39. The summed E-state index contributed by atoms with van der Waals surface area (Å²) >= 11 is 0. The Bertz CT molecular complexity index is 1110. The van der Waals surface area contributed by atoms with Crippen molar-refractivity contribution in [2.24, 2.45) is 9.85 Å². The number of hydrogen-bond acceptors (Lipinski definition) is 3. The Morgan fingerprint density at radius 3 is 2.29 bits per heavy atom. The van der Waals surface area contributed by atoms with Crippen LogP contribution in [-0.2, 0) is 5.41 Å². The van der Waals surface area contributed by atoms with Crippen molar-refractivity contribution in [3.63, 3.8) is 0 Å². The van der Waals surface area contributed by atoms with Gasteiger partial charge in [0.1, 0.15) is 0 Å². The molecule has 2 heterocycles. The van der Waals surface area contributed by atoms with Crippen molar-refractivity contribution in [1.82, 2.24) is 9.45 Å². The molecule has 4 rings (SSSR count). The second-order valence-electron chi connectivity index (χ2n) is 8.76. The van der Waals surface area contributed by atoms with Crippen molar-refractivity contribution in [3.05, 3.63) is 70.7 Å². The van der Waals surface area contributed by atoms with E-state index < -0.39 is 7.36 Å². The number of allylic oxidation sites excluding steroid dienone is 2. The van der Waals surface area contributed by atoms with Gasteiger partial charge in [0.05, 0.1) is 17.2 Å². The van der Waals surface area contributed by atoms with Crippen LogP contribution in [0.15, 0.2) is 69.4 Å². The average Bonchev–Trinajstić information content (AvgIpc) is 3.16. The van der Waals surface area contributed by atoms with E-state index in [9.17, 15) is 0 Å². The Labute approximate surface area is 187 Å². The van der Waals surface area contributed by atoms with Crippen LogP contribution in [0.2, 0.25) is 0 Å². The van der Waals surface area contributed by atoms with Crippen LogP contribution < -0.4 is 4.90 Å². The highest BCUT2D eigenvalue weighted by molar-refractivity contribution is 7.67. The van der Waals surface area contributed by atoms with Crippen LogP contribution in [0.4, 0.5) is 11.4 Å².